The molecule has 2 unspecified atom stereocenters. The molecule has 0 radical (unpaired) electrons. The Morgan fingerprint density at radius 2 is 1.96 bits per heavy atom. The van der Waals surface area contributed by atoms with Crippen molar-refractivity contribution in [3.05, 3.63) is 64.1 Å². The summed E-state index contributed by atoms with van der Waals surface area (Å²) in [5.74, 6) is 0.332. The van der Waals surface area contributed by atoms with Gasteiger partial charge in [0, 0.05) is 24.2 Å². The summed E-state index contributed by atoms with van der Waals surface area (Å²) in [6.07, 6.45) is 0.170. The molecule has 2 aromatic carbocycles. The van der Waals surface area contributed by atoms with Crippen molar-refractivity contribution in [2.45, 2.75) is 18.6 Å². The lowest BCUT2D eigenvalue weighted by molar-refractivity contribution is -0.128. The van der Waals surface area contributed by atoms with Gasteiger partial charge in [-0.3, -0.25) is 4.79 Å². The number of hydrogen-bond donors (Lipinski definition) is 2. The first-order valence-corrected chi connectivity index (χ1v) is 8.57. The minimum absolute atomic E-state index is 0.126. The molecule has 2 aromatic rings. The van der Waals surface area contributed by atoms with E-state index in [4.69, 9.17) is 27.9 Å². The van der Waals surface area contributed by atoms with E-state index in [1.807, 2.05) is 30.3 Å². The average molecular weight is 365 g/mol. The molecule has 2 atom stereocenters. The molecule has 1 aliphatic rings. The summed E-state index contributed by atoms with van der Waals surface area (Å²) in [6.45, 7) is 1.69. The van der Waals surface area contributed by atoms with Gasteiger partial charge < -0.3 is 15.4 Å². The van der Waals surface area contributed by atoms with Crippen molar-refractivity contribution in [2.75, 3.05) is 13.1 Å². The Kier molecular flexibility index (Phi) is 5.61. The first-order valence-electron chi connectivity index (χ1n) is 7.81. The number of rotatable bonds is 5. The van der Waals surface area contributed by atoms with Crippen LogP contribution in [0.25, 0.3) is 0 Å². The fourth-order valence-corrected chi connectivity index (χ4v) is 2.93. The number of carbonyl (C=O) groups excluding carboxylic acids is 1. The Labute approximate surface area is 151 Å². The Bertz CT molecular complexity index is 703. The highest BCUT2D eigenvalue weighted by molar-refractivity contribution is 6.42. The second kappa shape index (κ2) is 7.88. The van der Waals surface area contributed by atoms with Crippen LogP contribution >= 0.6 is 23.2 Å². The van der Waals surface area contributed by atoms with E-state index >= 15 is 0 Å². The van der Waals surface area contributed by atoms with Crippen molar-refractivity contribution in [2.24, 2.45) is 0 Å². The summed E-state index contributed by atoms with van der Waals surface area (Å²) >= 11 is 12.0. The Hall–Kier alpha value is -1.75. The van der Waals surface area contributed by atoms with Crippen LogP contribution in [0.4, 0.5) is 0 Å². The summed E-state index contributed by atoms with van der Waals surface area (Å²) in [5.41, 5.74) is 0.784. The van der Waals surface area contributed by atoms with Gasteiger partial charge in [-0.1, -0.05) is 53.5 Å². The lowest BCUT2D eigenvalue weighted by Crippen LogP contribution is -2.40. The Morgan fingerprint density at radius 1 is 1.17 bits per heavy atom. The van der Waals surface area contributed by atoms with Gasteiger partial charge in [0.15, 0.2) is 0 Å². The summed E-state index contributed by atoms with van der Waals surface area (Å²) in [7, 11) is 0. The van der Waals surface area contributed by atoms with Crippen LogP contribution in [0.5, 0.6) is 5.75 Å². The van der Waals surface area contributed by atoms with Gasteiger partial charge in [-0.05, 0) is 25.1 Å². The average Bonchev–Trinajstić information content (AvgIpc) is 3.09. The number of halogens is 2. The Morgan fingerprint density at radius 3 is 2.62 bits per heavy atom. The highest BCUT2D eigenvalue weighted by Gasteiger charge is 2.26. The zero-order valence-corrected chi connectivity index (χ0v) is 14.5. The third-order valence-electron chi connectivity index (χ3n) is 3.89. The van der Waals surface area contributed by atoms with Gasteiger partial charge in [0.2, 0.25) is 6.10 Å². The molecule has 1 fully saturated rings. The van der Waals surface area contributed by atoms with Gasteiger partial charge in [0.25, 0.3) is 5.91 Å². The van der Waals surface area contributed by atoms with Crippen LogP contribution in [0.15, 0.2) is 48.5 Å². The second-order valence-electron chi connectivity index (χ2n) is 5.68. The van der Waals surface area contributed by atoms with Crippen LogP contribution in [-0.2, 0) is 4.79 Å². The molecule has 1 aliphatic heterocycles. The molecule has 2 N–H and O–H groups in total. The van der Waals surface area contributed by atoms with Gasteiger partial charge in [-0.15, -0.1) is 0 Å². The molecule has 6 heteroatoms. The molecule has 3 rings (SSSR count). The summed E-state index contributed by atoms with van der Waals surface area (Å²) in [5, 5.41) is 7.11. The molecule has 126 valence electrons. The summed E-state index contributed by atoms with van der Waals surface area (Å²) < 4.78 is 5.93. The molecule has 0 saturated carbocycles. The molecule has 0 aliphatic carbocycles. The molecule has 4 nitrogen and oxygen atoms in total. The molecule has 0 aromatic heterocycles. The highest BCUT2D eigenvalue weighted by Crippen LogP contribution is 2.29. The fourth-order valence-electron chi connectivity index (χ4n) is 2.64. The van der Waals surface area contributed by atoms with Gasteiger partial charge in [-0.2, -0.15) is 0 Å². The van der Waals surface area contributed by atoms with E-state index in [0.717, 1.165) is 25.1 Å². The predicted octanol–water partition coefficient (Wildman–Crippen LogP) is 3.59. The van der Waals surface area contributed by atoms with Crippen molar-refractivity contribution in [3.63, 3.8) is 0 Å². The summed E-state index contributed by atoms with van der Waals surface area (Å²) in [4.78, 5) is 12.7. The molecule has 1 heterocycles. The molecule has 1 amide bonds. The molecule has 1 saturated heterocycles. The molecule has 0 bridgehead atoms. The maximum absolute atomic E-state index is 12.7. The number of carbonyl (C=O) groups is 1. The molecular formula is C18H18Cl2N2O2. The van der Waals surface area contributed by atoms with Crippen molar-refractivity contribution in [1.82, 2.24) is 10.6 Å². The van der Waals surface area contributed by atoms with Crippen LogP contribution in [0.3, 0.4) is 0 Å². The molecule has 24 heavy (non-hydrogen) atoms. The third kappa shape index (κ3) is 4.20. The number of ether oxygens (including phenoxy) is 1. The lowest BCUT2D eigenvalue weighted by atomic mass is 10.1. The van der Waals surface area contributed by atoms with Gasteiger partial charge in [0.1, 0.15) is 5.75 Å². The molecule has 0 spiro atoms. The third-order valence-corrected chi connectivity index (χ3v) is 4.63. The van der Waals surface area contributed by atoms with Crippen molar-refractivity contribution in [3.8, 4) is 5.75 Å². The number of nitrogens with one attached hydrogen (secondary N) is 2. The summed E-state index contributed by atoms with van der Waals surface area (Å²) in [6, 6.07) is 14.5. The first kappa shape index (κ1) is 17.1. The van der Waals surface area contributed by atoms with Crippen LogP contribution in [0.1, 0.15) is 18.1 Å². The second-order valence-corrected chi connectivity index (χ2v) is 6.50. The van der Waals surface area contributed by atoms with Gasteiger partial charge in [0.05, 0.1) is 10.0 Å². The van der Waals surface area contributed by atoms with E-state index < -0.39 is 6.10 Å². The number of hydrogen-bond acceptors (Lipinski definition) is 3. The standard InChI is InChI=1S/C18H18Cl2N2O2/c19-15-7-6-14(10-16(15)20)24-17(12-4-2-1-3-5-12)18(23)22-13-8-9-21-11-13/h1-7,10,13,17,21H,8-9,11H2,(H,22,23). The predicted molar refractivity (Wildman–Crippen MR) is 95.7 cm³/mol. The number of amides is 1. The van der Waals surface area contributed by atoms with Crippen molar-refractivity contribution >= 4 is 29.1 Å². The lowest BCUT2D eigenvalue weighted by Gasteiger charge is -2.21. The molecular weight excluding hydrogens is 347 g/mol. The largest absolute Gasteiger partial charge is 0.476 e. The monoisotopic (exact) mass is 364 g/mol. The van der Waals surface area contributed by atoms with E-state index in [1.54, 1.807) is 18.2 Å². The normalized spacial score (nSPS) is 18.2. The minimum Gasteiger partial charge on any atom is -0.476 e. The van der Waals surface area contributed by atoms with Crippen LogP contribution in [-0.4, -0.2) is 25.0 Å². The maximum atomic E-state index is 12.7. The van der Waals surface area contributed by atoms with E-state index in [0.29, 0.717) is 15.8 Å². The van der Waals surface area contributed by atoms with Crippen LogP contribution in [0.2, 0.25) is 10.0 Å². The van der Waals surface area contributed by atoms with E-state index in [9.17, 15) is 4.79 Å². The van der Waals surface area contributed by atoms with Crippen LogP contribution in [0, 0.1) is 0 Å². The highest BCUT2D eigenvalue weighted by atomic mass is 35.5. The Balaban J connectivity index is 1.81. The van der Waals surface area contributed by atoms with E-state index in [-0.39, 0.29) is 11.9 Å². The quantitative estimate of drug-likeness (QED) is 0.852. The first-order chi connectivity index (χ1) is 11.6. The van der Waals surface area contributed by atoms with Crippen molar-refractivity contribution in [1.29, 1.82) is 0 Å². The topological polar surface area (TPSA) is 50.4 Å². The smallest absolute Gasteiger partial charge is 0.266 e. The zero-order chi connectivity index (χ0) is 16.9. The van der Waals surface area contributed by atoms with E-state index in [2.05, 4.69) is 10.6 Å². The zero-order valence-electron chi connectivity index (χ0n) is 13.0. The minimum atomic E-state index is -0.746. The maximum Gasteiger partial charge on any atom is 0.266 e. The van der Waals surface area contributed by atoms with Gasteiger partial charge >= 0.3 is 0 Å². The van der Waals surface area contributed by atoms with Gasteiger partial charge in [-0.25, -0.2) is 0 Å². The van der Waals surface area contributed by atoms with Crippen LogP contribution < -0.4 is 15.4 Å². The fraction of sp³-hybridized carbons (Fsp3) is 0.278. The van der Waals surface area contributed by atoms with Crippen molar-refractivity contribution < 1.29 is 9.53 Å². The SMILES string of the molecule is O=C(NC1CCNC1)C(Oc1ccc(Cl)c(Cl)c1)c1ccccc1. The number of benzene rings is 2. The van der Waals surface area contributed by atoms with E-state index in [1.165, 1.54) is 0 Å².